The van der Waals surface area contributed by atoms with Crippen LogP contribution in [-0.2, 0) is 6.54 Å². The van der Waals surface area contributed by atoms with Crippen LogP contribution in [-0.4, -0.2) is 11.0 Å². The molecule has 0 saturated carbocycles. The quantitative estimate of drug-likeness (QED) is 0.451. The number of benzene rings is 3. The van der Waals surface area contributed by atoms with Gasteiger partial charge >= 0.3 is 6.03 Å². The Morgan fingerprint density at radius 3 is 2.63 bits per heavy atom. The average molecular weight is 394 g/mol. The van der Waals surface area contributed by atoms with E-state index in [1.54, 1.807) is 0 Å². The van der Waals surface area contributed by atoms with E-state index in [1.807, 2.05) is 53.9 Å². The van der Waals surface area contributed by atoms with E-state index in [0.29, 0.717) is 16.7 Å². The Kier molecular flexibility index (Phi) is 5.05. The second kappa shape index (κ2) is 7.78. The largest absolute Gasteiger partial charge is 0.334 e. The van der Waals surface area contributed by atoms with Crippen LogP contribution in [0.1, 0.15) is 5.56 Å². The summed E-state index contributed by atoms with van der Waals surface area (Å²) in [6.07, 6.45) is 0. The van der Waals surface area contributed by atoms with Crippen LogP contribution in [0, 0.1) is 0 Å². The van der Waals surface area contributed by atoms with Crippen LogP contribution in [0.5, 0.6) is 0 Å². The van der Waals surface area contributed by atoms with E-state index in [1.165, 1.54) is 11.3 Å². The van der Waals surface area contributed by atoms with E-state index in [0.717, 1.165) is 27.6 Å². The summed E-state index contributed by atoms with van der Waals surface area (Å²) in [7, 11) is 0. The predicted molar refractivity (Wildman–Crippen MR) is 112 cm³/mol. The van der Waals surface area contributed by atoms with Gasteiger partial charge in [0.05, 0.1) is 5.69 Å². The molecule has 0 saturated heterocycles. The molecule has 0 atom stereocenters. The van der Waals surface area contributed by atoms with Crippen LogP contribution in [0.4, 0.5) is 9.93 Å². The standard InChI is InChI=1S/C21H16ClN3OS/c22-17-10-8-15(9-11-17)19-13-27-21(24-19)25-20(26)23-12-16-6-3-5-14-4-1-2-7-18(14)16/h1-11,13H,12H2,(H2,23,24,25,26). The summed E-state index contributed by atoms with van der Waals surface area (Å²) in [5.41, 5.74) is 2.84. The fraction of sp³-hybridized carbons (Fsp3) is 0.0476. The number of urea groups is 1. The first-order valence-corrected chi connectivity index (χ1v) is 9.68. The molecule has 1 heterocycles. The number of hydrogen-bond donors (Lipinski definition) is 2. The molecule has 4 nitrogen and oxygen atoms in total. The molecule has 4 rings (SSSR count). The van der Waals surface area contributed by atoms with E-state index >= 15 is 0 Å². The highest BCUT2D eigenvalue weighted by Gasteiger charge is 2.08. The van der Waals surface area contributed by atoms with Crippen molar-refractivity contribution in [1.29, 1.82) is 0 Å². The first kappa shape index (κ1) is 17.5. The number of rotatable bonds is 4. The number of thiazole rings is 1. The molecule has 0 spiro atoms. The van der Waals surface area contributed by atoms with Gasteiger partial charge in [-0.15, -0.1) is 11.3 Å². The Labute approximate surface area is 165 Å². The molecule has 2 amide bonds. The van der Waals surface area contributed by atoms with Crippen molar-refractivity contribution < 1.29 is 4.79 Å². The molecule has 0 unspecified atom stereocenters. The minimum absolute atomic E-state index is 0.278. The van der Waals surface area contributed by atoms with Gasteiger partial charge in [0.15, 0.2) is 5.13 Å². The molecule has 6 heteroatoms. The smallest absolute Gasteiger partial charge is 0.321 e. The Bertz CT molecular complexity index is 1090. The lowest BCUT2D eigenvalue weighted by Gasteiger charge is -2.08. The molecule has 134 valence electrons. The Hall–Kier alpha value is -2.89. The van der Waals surface area contributed by atoms with E-state index in [4.69, 9.17) is 11.6 Å². The summed E-state index contributed by atoms with van der Waals surface area (Å²) in [5, 5.41) is 11.1. The molecule has 0 aliphatic heterocycles. The second-order valence-electron chi connectivity index (χ2n) is 5.99. The maximum atomic E-state index is 12.2. The highest BCUT2D eigenvalue weighted by molar-refractivity contribution is 7.14. The highest BCUT2D eigenvalue weighted by Crippen LogP contribution is 2.26. The van der Waals surface area contributed by atoms with E-state index in [2.05, 4.69) is 33.8 Å². The lowest BCUT2D eigenvalue weighted by Crippen LogP contribution is -2.28. The van der Waals surface area contributed by atoms with Crippen molar-refractivity contribution in [3.05, 3.63) is 82.7 Å². The predicted octanol–water partition coefficient (Wildman–Crippen LogP) is 5.94. The highest BCUT2D eigenvalue weighted by atomic mass is 35.5. The molecule has 0 radical (unpaired) electrons. The van der Waals surface area contributed by atoms with Crippen molar-refractivity contribution in [1.82, 2.24) is 10.3 Å². The number of amides is 2. The number of carbonyl (C=O) groups excluding carboxylic acids is 1. The van der Waals surface area contributed by atoms with Gasteiger partial charge in [0.1, 0.15) is 0 Å². The molecule has 4 aromatic rings. The zero-order chi connectivity index (χ0) is 18.6. The summed E-state index contributed by atoms with van der Waals surface area (Å²) >= 11 is 7.30. The molecule has 3 aromatic carbocycles. The number of carbonyl (C=O) groups is 1. The number of aromatic nitrogens is 1. The zero-order valence-electron chi connectivity index (χ0n) is 14.3. The van der Waals surface area contributed by atoms with Gasteiger partial charge in [0, 0.05) is 22.5 Å². The molecular weight excluding hydrogens is 378 g/mol. The van der Waals surface area contributed by atoms with Gasteiger partial charge in [-0.25, -0.2) is 9.78 Å². The van der Waals surface area contributed by atoms with Crippen LogP contribution in [0.15, 0.2) is 72.1 Å². The molecule has 2 N–H and O–H groups in total. The molecule has 0 aliphatic carbocycles. The van der Waals surface area contributed by atoms with Crippen LogP contribution >= 0.6 is 22.9 Å². The van der Waals surface area contributed by atoms with Gasteiger partial charge in [-0.3, -0.25) is 5.32 Å². The Morgan fingerprint density at radius 1 is 1.00 bits per heavy atom. The van der Waals surface area contributed by atoms with Gasteiger partial charge in [-0.2, -0.15) is 0 Å². The summed E-state index contributed by atoms with van der Waals surface area (Å²) in [4.78, 5) is 16.7. The second-order valence-corrected chi connectivity index (χ2v) is 7.29. The Balaban J connectivity index is 1.40. The van der Waals surface area contributed by atoms with Gasteiger partial charge in [0.25, 0.3) is 0 Å². The summed E-state index contributed by atoms with van der Waals surface area (Å²) in [5.74, 6) is 0. The van der Waals surface area contributed by atoms with Crippen molar-refractivity contribution in [3.8, 4) is 11.3 Å². The van der Waals surface area contributed by atoms with E-state index < -0.39 is 0 Å². The summed E-state index contributed by atoms with van der Waals surface area (Å²) in [6, 6.07) is 21.4. The molecule has 27 heavy (non-hydrogen) atoms. The van der Waals surface area contributed by atoms with Crippen LogP contribution in [0.3, 0.4) is 0 Å². The Morgan fingerprint density at radius 2 is 1.78 bits per heavy atom. The van der Waals surface area contributed by atoms with Crippen LogP contribution in [0.2, 0.25) is 5.02 Å². The van der Waals surface area contributed by atoms with Gasteiger partial charge in [-0.05, 0) is 28.5 Å². The van der Waals surface area contributed by atoms with Gasteiger partial charge in [0.2, 0.25) is 0 Å². The topological polar surface area (TPSA) is 54.0 Å². The normalized spacial score (nSPS) is 10.7. The fourth-order valence-electron chi connectivity index (χ4n) is 2.85. The number of nitrogens with one attached hydrogen (secondary N) is 2. The number of anilines is 1. The third-order valence-electron chi connectivity index (χ3n) is 4.18. The lowest BCUT2D eigenvalue weighted by molar-refractivity contribution is 0.252. The maximum Gasteiger partial charge on any atom is 0.321 e. The maximum absolute atomic E-state index is 12.2. The first-order chi connectivity index (χ1) is 13.2. The van der Waals surface area contributed by atoms with E-state index in [-0.39, 0.29) is 6.03 Å². The summed E-state index contributed by atoms with van der Waals surface area (Å²) in [6.45, 7) is 0.447. The van der Waals surface area contributed by atoms with E-state index in [9.17, 15) is 4.79 Å². The first-order valence-electron chi connectivity index (χ1n) is 8.42. The molecule has 1 aromatic heterocycles. The number of fused-ring (bicyclic) bond motifs is 1. The SMILES string of the molecule is O=C(NCc1cccc2ccccc12)Nc1nc(-c2ccc(Cl)cc2)cs1. The van der Waals surface area contributed by atoms with Crippen molar-refractivity contribution in [3.63, 3.8) is 0 Å². The lowest BCUT2D eigenvalue weighted by atomic mass is 10.0. The zero-order valence-corrected chi connectivity index (χ0v) is 15.8. The number of halogens is 1. The average Bonchev–Trinajstić information content (AvgIpc) is 3.15. The minimum Gasteiger partial charge on any atom is -0.334 e. The fourth-order valence-corrected chi connectivity index (χ4v) is 3.69. The van der Waals surface area contributed by atoms with Gasteiger partial charge in [-0.1, -0.05) is 66.2 Å². The van der Waals surface area contributed by atoms with Crippen molar-refractivity contribution in [2.45, 2.75) is 6.54 Å². The van der Waals surface area contributed by atoms with Crippen LogP contribution < -0.4 is 10.6 Å². The molecule has 0 fully saturated rings. The molecule has 0 aliphatic rings. The van der Waals surface area contributed by atoms with Crippen molar-refractivity contribution in [2.75, 3.05) is 5.32 Å². The van der Waals surface area contributed by atoms with Crippen molar-refractivity contribution in [2.24, 2.45) is 0 Å². The molecule has 0 bridgehead atoms. The third kappa shape index (κ3) is 4.10. The summed E-state index contributed by atoms with van der Waals surface area (Å²) < 4.78 is 0. The third-order valence-corrected chi connectivity index (χ3v) is 5.19. The molecular formula is C21H16ClN3OS. The van der Waals surface area contributed by atoms with Crippen LogP contribution in [0.25, 0.3) is 22.0 Å². The van der Waals surface area contributed by atoms with Crippen molar-refractivity contribution >= 4 is 44.9 Å². The van der Waals surface area contributed by atoms with Gasteiger partial charge < -0.3 is 5.32 Å². The number of nitrogens with zero attached hydrogens (tertiary/aromatic N) is 1. The minimum atomic E-state index is -0.278. The monoisotopic (exact) mass is 393 g/mol. The number of hydrogen-bond acceptors (Lipinski definition) is 3.